The van der Waals surface area contributed by atoms with Crippen LogP contribution in [0.5, 0.6) is 5.88 Å². The van der Waals surface area contributed by atoms with Gasteiger partial charge in [0.2, 0.25) is 5.88 Å². The summed E-state index contributed by atoms with van der Waals surface area (Å²) >= 11 is 0. The van der Waals surface area contributed by atoms with Gasteiger partial charge in [-0.25, -0.2) is 0 Å². The molecule has 0 N–H and O–H groups in total. The first-order valence-corrected chi connectivity index (χ1v) is 7.50. The number of nitriles is 2. The highest BCUT2D eigenvalue weighted by molar-refractivity contribution is 5.94. The monoisotopic (exact) mass is 316 g/mol. The average molecular weight is 316 g/mol. The predicted octanol–water partition coefficient (Wildman–Crippen LogP) is 3.33. The first-order chi connectivity index (χ1) is 11.6. The smallest absolute Gasteiger partial charge is 0.208 e. The number of ether oxygens (including phenoxy) is 1. The topological polar surface area (TPSA) is 65.0 Å². The molecule has 0 atom stereocenters. The van der Waals surface area contributed by atoms with Crippen LogP contribution in [0.3, 0.4) is 0 Å². The van der Waals surface area contributed by atoms with E-state index in [-0.39, 0.29) is 5.57 Å². The van der Waals surface area contributed by atoms with E-state index >= 15 is 0 Å². The molecule has 0 spiro atoms. The lowest BCUT2D eigenvalue weighted by Gasteiger charge is -2.18. The van der Waals surface area contributed by atoms with Crippen molar-refractivity contribution in [2.24, 2.45) is 7.05 Å². The first-order valence-electron chi connectivity index (χ1n) is 7.50. The molecule has 2 aromatic rings. The van der Waals surface area contributed by atoms with Crippen LogP contribution >= 0.6 is 0 Å². The number of allylic oxidation sites excluding steroid dienone is 2. The number of nitrogens with zero attached hydrogens (tertiary/aromatic N) is 4. The fraction of sp³-hybridized carbons (Fsp3) is 0.158. The minimum atomic E-state index is 0.0455. The SMILES string of the molecule is CN1C=CC(Oc2c(C=C(C#N)C#N)c3ccccc3n2C)=CC1. The fourth-order valence-electron chi connectivity index (χ4n) is 2.65. The summed E-state index contributed by atoms with van der Waals surface area (Å²) in [6.07, 6.45) is 7.41. The summed E-state index contributed by atoms with van der Waals surface area (Å²) in [5.74, 6) is 1.35. The summed E-state index contributed by atoms with van der Waals surface area (Å²) in [6.45, 7) is 0.766. The number of hydrogen-bond donors (Lipinski definition) is 0. The van der Waals surface area contributed by atoms with E-state index < -0.39 is 0 Å². The molecule has 1 aliphatic heterocycles. The Morgan fingerprint density at radius 2 is 1.96 bits per heavy atom. The molecule has 5 heteroatoms. The molecule has 0 saturated carbocycles. The van der Waals surface area contributed by atoms with Gasteiger partial charge in [-0.2, -0.15) is 10.5 Å². The zero-order valence-electron chi connectivity index (χ0n) is 13.5. The summed E-state index contributed by atoms with van der Waals surface area (Å²) in [7, 11) is 3.90. The summed E-state index contributed by atoms with van der Waals surface area (Å²) in [4.78, 5) is 2.04. The van der Waals surface area contributed by atoms with Gasteiger partial charge in [0.05, 0.1) is 5.52 Å². The second-order valence-electron chi connectivity index (χ2n) is 5.54. The Morgan fingerprint density at radius 1 is 1.21 bits per heavy atom. The van der Waals surface area contributed by atoms with E-state index in [1.807, 2.05) is 78.3 Å². The normalized spacial score (nSPS) is 13.2. The molecule has 24 heavy (non-hydrogen) atoms. The molecular weight excluding hydrogens is 300 g/mol. The van der Waals surface area contributed by atoms with Gasteiger partial charge in [-0.05, 0) is 24.3 Å². The number of benzene rings is 1. The molecule has 0 unspecified atom stereocenters. The molecule has 0 bridgehead atoms. The van der Waals surface area contributed by atoms with Crippen molar-refractivity contribution in [1.82, 2.24) is 9.47 Å². The Hall–Kier alpha value is -3.44. The molecule has 0 saturated heterocycles. The summed E-state index contributed by atoms with van der Waals surface area (Å²) < 4.78 is 8.02. The highest BCUT2D eigenvalue weighted by Gasteiger charge is 2.17. The van der Waals surface area contributed by atoms with Gasteiger partial charge in [-0.3, -0.25) is 0 Å². The molecule has 0 fully saturated rings. The Morgan fingerprint density at radius 3 is 2.62 bits per heavy atom. The third-order valence-electron chi connectivity index (χ3n) is 3.91. The van der Waals surface area contributed by atoms with Crippen LogP contribution in [0.15, 0.2) is 53.9 Å². The number of aryl methyl sites for hydroxylation is 1. The number of para-hydroxylation sites is 1. The number of aromatic nitrogens is 1. The van der Waals surface area contributed by atoms with Gasteiger partial charge in [0, 0.05) is 37.8 Å². The largest absolute Gasteiger partial charge is 0.440 e. The van der Waals surface area contributed by atoms with Crippen LogP contribution in [0, 0.1) is 22.7 Å². The van der Waals surface area contributed by atoms with Gasteiger partial charge in [0.1, 0.15) is 23.5 Å². The van der Waals surface area contributed by atoms with Crippen molar-refractivity contribution in [2.45, 2.75) is 0 Å². The predicted molar refractivity (Wildman–Crippen MR) is 92.6 cm³/mol. The first kappa shape index (κ1) is 15.5. The molecule has 1 aliphatic rings. The van der Waals surface area contributed by atoms with Gasteiger partial charge in [0.25, 0.3) is 0 Å². The van der Waals surface area contributed by atoms with E-state index in [1.54, 1.807) is 6.08 Å². The summed E-state index contributed by atoms with van der Waals surface area (Å²) in [5.41, 5.74) is 1.76. The molecule has 3 rings (SSSR count). The lowest BCUT2D eigenvalue weighted by molar-refractivity contribution is 0.391. The minimum absolute atomic E-state index is 0.0455. The van der Waals surface area contributed by atoms with Gasteiger partial charge >= 0.3 is 0 Å². The highest BCUT2D eigenvalue weighted by Crippen LogP contribution is 2.34. The second kappa shape index (κ2) is 6.36. The number of hydrogen-bond acceptors (Lipinski definition) is 4. The van der Waals surface area contributed by atoms with Gasteiger partial charge in [0.15, 0.2) is 0 Å². The molecule has 5 nitrogen and oxygen atoms in total. The average Bonchev–Trinajstić information content (AvgIpc) is 2.87. The lowest BCUT2D eigenvalue weighted by Crippen LogP contribution is -2.15. The molecule has 2 heterocycles. The van der Waals surface area contributed by atoms with Crippen LogP contribution in [-0.4, -0.2) is 23.1 Å². The van der Waals surface area contributed by atoms with Crippen LogP contribution in [-0.2, 0) is 7.05 Å². The zero-order valence-corrected chi connectivity index (χ0v) is 13.5. The van der Waals surface area contributed by atoms with Crippen LogP contribution in [0.2, 0.25) is 0 Å². The van der Waals surface area contributed by atoms with E-state index in [1.165, 1.54) is 0 Å². The van der Waals surface area contributed by atoms with Crippen LogP contribution < -0.4 is 4.74 Å². The van der Waals surface area contributed by atoms with Gasteiger partial charge in [-0.1, -0.05) is 18.2 Å². The summed E-state index contributed by atoms with van der Waals surface area (Å²) in [5, 5.41) is 19.1. The van der Waals surface area contributed by atoms with Crippen molar-refractivity contribution < 1.29 is 4.74 Å². The highest BCUT2D eigenvalue weighted by atomic mass is 16.5. The van der Waals surface area contributed by atoms with Crippen molar-refractivity contribution in [3.8, 4) is 18.0 Å². The number of fused-ring (bicyclic) bond motifs is 1. The molecule has 0 radical (unpaired) electrons. The van der Waals surface area contributed by atoms with Crippen molar-refractivity contribution >= 4 is 17.0 Å². The number of likely N-dealkylation sites (N-methyl/N-ethyl adjacent to an activating group) is 1. The van der Waals surface area contributed by atoms with Gasteiger partial charge < -0.3 is 14.2 Å². The molecule has 118 valence electrons. The quantitative estimate of drug-likeness (QED) is 0.815. The van der Waals surface area contributed by atoms with E-state index in [0.717, 1.165) is 28.8 Å². The Balaban J connectivity index is 2.15. The van der Waals surface area contributed by atoms with Crippen LogP contribution in [0.25, 0.3) is 17.0 Å². The van der Waals surface area contributed by atoms with Crippen molar-refractivity contribution in [3.63, 3.8) is 0 Å². The maximum absolute atomic E-state index is 9.09. The lowest BCUT2D eigenvalue weighted by atomic mass is 10.1. The molecule has 0 amide bonds. The van der Waals surface area contributed by atoms with E-state index in [0.29, 0.717) is 5.88 Å². The van der Waals surface area contributed by atoms with E-state index in [9.17, 15) is 0 Å². The fourth-order valence-corrected chi connectivity index (χ4v) is 2.65. The number of rotatable bonds is 3. The summed E-state index contributed by atoms with van der Waals surface area (Å²) in [6, 6.07) is 11.6. The van der Waals surface area contributed by atoms with Crippen molar-refractivity contribution in [3.05, 3.63) is 59.5 Å². The third-order valence-corrected chi connectivity index (χ3v) is 3.91. The Kier molecular flexibility index (Phi) is 4.09. The Labute approximate surface area is 140 Å². The van der Waals surface area contributed by atoms with E-state index in [4.69, 9.17) is 15.3 Å². The third kappa shape index (κ3) is 2.76. The van der Waals surface area contributed by atoms with Crippen LogP contribution in [0.1, 0.15) is 5.56 Å². The molecular formula is C19H16N4O. The minimum Gasteiger partial charge on any atom is -0.440 e. The maximum atomic E-state index is 9.09. The Bertz CT molecular complexity index is 948. The second-order valence-corrected chi connectivity index (χ2v) is 5.54. The molecule has 1 aromatic heterocycles. The van der Waals surface area contributed by atoms with Crippen LogP contribution in [0.4, 0.5) is 0 Å². The van der Waals surface area contributed by atoms with Gasteiger partial charge in [-0.15, -0.1) is 0 Å². The molecule has 0 aliphatic carbocycles. The van der Waals surface area contributed by atoms with E-state index in [2.05, 4.69) is 0 Å². The molecule has 1 aromatic carbocycles. The van der Waals surface area contributed by atoms with Crippen molar-refractivity contribution in [1.29, 1.82) is 10.5 Å². The van der Waals surface area contributed by atoms with Crippen molar-refractivity contribution in [2.75, 3.05) is 13.6 Å². The zero-order chi connectivity index (χ0) is 17.1. The maximum Gasteiger partial charge on any atom is 0.208 e. The standard InChI is InChI=1S/C19H16N4O/c1-22-9-7-15(8-10-22)24-19-17(11-14(12-20)13-21)16-5-3-4-6-18(16)23(19)2/h3-9,11H,10H2,1-2H3.